The molecule has 0 radical (unpaired) electrons. The SMILES string of the molecule is Cc1ccc(CC(N)c2cc(F)cc(F)c2)c(Cl)c1. The molecule has 4 heteroatoms. The molecular weight excluding hydrogens is 268 g/mol. The van der Waals surface area contributed by atoms with Gasteiger partial charge in [0, 0.05) is 17.1 Å². The third-order valence-corrected chi connectivity index (χ3v) is 3.31. The Morgan fingerprint density at radius 3 is 2.32 bits per heavy atom. The van der Waals surface area contributed by atoms with Crippen molar-refractivity contribution in [3.8, 4) is 0 Å². The van der Waals surface area contributed by atoms with Crippen LogP contribution in [0.25, 0.3) is 0 Å². The fourth-order valence-corrected chi connectivity index (χ4v) is 2.27. The average molecular weight is 282 g/mol. The van der Waals surface area contributed by atoms with Crippen molar-refractivity contribution >= 4 is 11.6 Å². The second-order valence-corrected chi connectivity index (χ2v) is 5.02. The molecule has 2 aromatic rings. The van der Waals surface area contributed by atoms with Gasteiger partial charge in [-0.15, -0.1) is 0 Å². The van der Waals surface area contributed by atoms with Crippen LogP contribution < -0.4 is 5.73 Å². The summed E-state index contributed by atoms with van der Waals surface area (Å²) in [6, 6.07) is 8.48. The highest BCUT2D eigenvalue weighted by Crippen LogP contribution is 2.24. The predicted molar refractivity (Wildman–Crippen MR) is 73.2 cm³/mol. The van der Waals surface area contributed by atoms with Crippen molar-refractivity contribution in [2.24, 2.45) is 5.73 Å². The van der Waals surface area contributed by atoms with Gasteiger partial charge in [0.05, 0.1) is 0 Å². The molecule has 0 aliphatic heterocycles. The van der Waals surface area contributed by atoms with Crippen LogP contribution in [0.5, 0.6) is 0 Å². The Labute approximate surface area is 116 Å². The Morgan fingerprint density at radius 1 is 1.11 bits per heavy atom. The lowest BCUT2D eigenvalue weighted by atomic mass is 9.99. The van der Waals surface area contributed by atoms with Crippen molar-refractivity contribution in [1.29, 1.82) is 0 Å². The smallest absolute Gasteiger partial charge is 0.126 e. The van der Waals surface area contributed by atoms with Crippen molar-refractivity contribution in [3.05, 3.63) is 69.7 Å². The lowest BCUT2D eigenvalue weighted by Gasteiger charge is -2.14. The minimum atomic E-state index is -0.625. The normalized spacial score (nSPS) is 12.5. The summed E-state index contributed by atoms with van der Waals surface area (Å²) in [6.07, 6.45) is 0.433. The van der Waals surface area contributed by atoms with Crippen molar-refractivity contribution < 1.29 is 8.78 Å². The van der Waals surface area contributed by atoms with Gasteiger partial charge in [0.25, 0.3) is 0 Å². The second kappa shape index (κ2) is 5.68. The van der Waals surface area contributed by atoms with Gasteiger partial charge in [-0.25, -0.2) is 8.78 Å². The Hall–Kier alpha value is -1.45. The highest BCUT2D eigenvalue weighted by Gasteiger charge is 2.12. The molecule has 0 bridgehead atoms. The van der Waals surface area contributed by atoms with Crippen LogP contribution in [-0.2, 0) is 6.42 Å². The Bertz CT molecular complexity index is 578. The molecule has 0 saturated heterocycles. The topological polar surface area (TPSA) is 26.0 Å². The van der Waals surface area contributed by atoms with Gasteiger partial charge in [0.15, 0.2) is 0 Å². The summed E-state index contributed by atoms with van der Waals surface area (Å²) in [5.74, 6) is -1.25. The first kappa shape index (κ1) is 14.0. The maximum atomic E-state index is 13.1. The van der Waals surface area contributed by atoms with Gasteiger partial charge in [-0.1, -0.05) is 23.7 Å². The van der Waals surface area contributed by atoms with Crippen LogP contribution in [-0.4, -0.2) is 0 Å². The van der Waals surface area contributed by atoms with E-state index in [0.29, 0.717) is 17.0 Å². The summed E-state index contributed by atoms with van der Waals surface area (Å²) >= 11 is 6.12. The highest BCUT2D eigenvalue weighted by atomic mass is 35.5. The van der Waals surface area contributed by atoms with Crippen LogP contribution in [0.2, 0.25) is 5.02 Å². The zero-order valence-electron chi connectivity index (χ0n) is 10.5. The molecule has 2 N–H and O–H groups in total. The zero-order chi connectivity index (χ0) is 14.0. The molecular formula is C15H14ClF2N. The first-order chi connectivity index (χ1) is 8.95. The summed E-state index contributed by atoms with van der Waals surface area (Å²) in [6.45, 7) is 1.94. The molecule has 0 aliphatic carbocycles. The predicted octanol–water partition coefficient (Wildman–Crippen LogP) is 4.17. The molecule has 1 unspecified atom stereocenters. The number of halogens is 3. The van der Waals surface area contributed by atoms with E-state index in [1.807, 2.05) is 25.1 Å². The van der Waals surface area contributed by atoms with Gasteiger partial charge < -0.3 is 5.73 Å². The fraction of sp³-hybridized carbons (Fsp3) is 0.200. The average Bonchev–Trinajstić information content (AvgIpc) is 2.31. The van der Waals surface area contributed by atoms with Crippen molar-refractivity contribution in [2.75, 3.05) is 0 Å². The summed E-state index contributed by atoms with van der Waals surface area (Å²) in [5, 5.41) is 0.618. The summed E-state index contributed by atoms with van der Waals surface area (Å²) in [7, 11) is 0. The van der Waals surface area contributed by atoms with E-state index < -0.39 is 17.7 Å². The first-order valence-electron chi connectivity index (χ1n) is 5.92. The lowest BCUT2D eigenvalue weighted by molar-refractivity contribution is 0.572. The molecule has 2 rings (SSSR count). The van der Waals surface area contributed by atoms with E-state index in [1.165, 1.54) is 12.1 Å². The number of hydrogen-bond acceptors (Lipinski definition) is 1. The Kier molecular flexibility index (Phi) is 4.17. The van der Waals surface area contributed by atoms with Gasteiger partial charge in [0.1, 0.15) is 11.6 Å². The maximum absolute atomic E-state index is 13.1. The van der Waals surface area contributed by atoms with Crippen LogP contribution in [0.4, 0.5) is 8.78 Å². The van der Waals surface area contributed by atoms with Crippen LogP contribution in [0.3, 0.4) is 0 Å². The van der Waals surface area contributed by atoms with Gasteiger partial charge in [-0.3, -0.25) is 0 Å². The standard InChI is InChI=1S/C15H14ClF2N/c1-9-2-3-10(14(16)4-9)7-15(19)11-5-12(17)8-13(18)6-11/h2-6,8,15H,7,19H2,1H3. The minimum Gasteiger partial charge on any atom is -0.324 e. The van der Waals surface area contributed by atoms with E-state index in [0.717, 1.165) is 17.2 Å². The molecule has 0 heterocycles. The van der Waals surface area contributed by atoms with E-state index in [9.17, 15) is 8.78 Å². The van der Waals surface area contributed by atoms with Crippen molar-refractivity contribution in [3.63, 3.8) is 0 Å². The molecule has 2 aromatic carbocycles. The quantitative estimate of drug-likeness (QED) is 0.898. The van der Waals surface area contributed by atoms with Gasteiger partial charge in [0.2, 0.25) is 0 Å². The molecule has 0 amide bonds. The molecule has 0 aliphatic rings. The van der Waals surface area contributed by atoms with Crippen molar-refractivity contribution in [1.82, 2.24) is 0 Å². The molecule has 1 atom stereocenters. The molecule has 0 fully saturated rings. The van der Waals surface area contributed by atoms with E-state index >= 15 is 0 Å². The van der Waals surface area contributed by atoms with Crippen LogP contribution in [0.15, 0.2) is 36.4 Å². The molecule has 100 valence electrons. The Balaban J connectivity index is 2.22. The second-order valence-electron chi connectivity index (χ2n) is 4.61. The van der Waals surface area contributed by atoms with Gasteiger partial charge >= 0.3 is 0 Å². The van der Waals surface area contributed by atoms with Gasteiger partial charge in [-0.05, 0) is 48.2 Å². The summed E-state index contributed by atoms with van der Waals surface area (Å²) in [4.78, 5) is 0. The number of rotatable bonds is 3. The third-order valence-electron chi connectivity index (χ3n) is 2.96. The van der Waals surface area contributed by atoms with E-state index in [1.54, 1.807) is 0 Å². The molecule has 0 spiro atoms. The Morgan fingerprint density at radius 2 is 1.74 bits per heavy atom. The van der Waals surface area contributed by atoms with Crippen LogP contribution >= 0.6 is 11.6 Å². The van der Waals surface area contributed by atoms with Gasteiger partial charge in [-0.2, -0.15) is 0 Å². The first-order valence-corrected chi connectivity index (χ1v) is 6.30. The van der Waals surface area contributed by atoms with E-state index in [-0.39, 0.29) is 0 Å². The summed E-state index contributed by atoms with van der Waals surface area (Å²) in [5.41, 5.74) is 8.32. The van der Waals surface area contributed by atoms with Crippen LogP contribution in [0.1, 0.15) is 22.7 Å². The molecule has 0 aromatic heterocycles. The zero-order valence-corrected chi connectivity index (χ0v) is 11.2. The minimum absolute atomic E-state index is 0.425. The number of hydrogen-bond donors (Lipinski definition) is 1. The third kappa shape index (κ3) is 3.52. The number of benzene rings is 2. The fourth-order valence-electron chi connectivity index (χ4n) is 1.96. The monoisotopic (exact) mass is 281 g/mol. The molecule has 1 nitrogen and oxygen atoms in total. The van der Waals surface area contributed by atoms with E-state index in [2.05, 4.69) is 0 Å². The van der Waals surface area contributed by atoms with E-state index in [4.69, 9.17) is 17.3 Å². The maximum Gasteiger partial charge on any atom is 0.126 e. The lowest BCUT2D eigenvalue weighted by Crippen LogP contribution is -2.14. The number of aryl methyl sites for hydroxylation is 1. The number of nitrogens with two attached hydrogens (primary N) is 1. The largest absolute Gasteiger partial charge is 0.324 e. The summed E-state index contributed by atoms with van der Waals surface area (Å²) < 4.78 is 26.3. The van der Waals surface area contributed by atoms with Crippen LogP contribution in [0, 0.1) is 18.6 Å². The molecule has 0 saturated carbocycles. The highest BCUT2D eigenvalue weighted by molar-refractivity contribution is 6.31. The van der Waals surface area contributed by atoms with Crippen molar-refractivity contribution in [2.45, 2.75) is 19.4 Å². The molecule has 19 heavy (non-hydrogen) atoms.